The van der Waals surface area contributed by atoms with Crippen LogP contribution in [0.15, 0.2) is 46.1 Å². The molecule has 0 aliphatic carbocycles. The summed E-state index contributed by atoms with van der Waals surface area (Å²) in [5.41, 5.74) is 0.363. The van der Waals surface area contributed by atoms with E-state index in [-0.39, 0.29) is 17.9 Å². The molecule has 0 atom stereocenters. The molecule has 9 heteroatoms. The number of carbonyl (C=O) groups excluding carboxylic acids is 1. The Balaban J connectivity index is 1.83. The second kappa shape index (κ2) is 6.79. The van der Waals surface area contributed by atoms with Crippen LogP contribution in [0.25, 0.3) is 11.3 Å². The molecule has 0 spiro atoms. The zero-order valence-electron chi connectivity index (χ0n) is 14.0. The number of ether oxygens (including phenoxy) is 1. The first kappa shape index (κ1) is 17.3. The van der Waals surface area contributed by atoms with Crippen LogP contribution < -0.4 is 11.2 Å². The average Bonchev–Trinajstić information content (AvgIpc) is 3.12. The van der Waals surface area contributed by atoms with Gasteiger partial charge in [0.05, 0.1) is 17.6 Å². The van der Waals surface area contributed by atoms with Crippen molar-refractivity contribution in [3.8, 4) is 11.3 Å². The van der Waals surface area contributed by atoms with Crippen LogP contribution in [0.5, 0.6) is 0 Å². The minimum absolute atomic E-state index is 0.158. The molecule has 0 aliphatic rings. The molecule has 0 saturated heterocycles. The van der Waals surface area contributed by atoms with Crippen LogP contribution in [-0.4, -0.2) is 25.3 Å². The van der Waals surface area contributed by atoms with E-state index in [0.29, 0.717) is 11.3 Å². The average molecular weight is 358 g/mol. The van der Waals surface area contributed by atoms with Gasteiger partial charge in [0.25, 0.3) is 5.56 Å². The fourth-order valence-corrected chi connectivity index (χ4v) is 2.41. The van der Waals surface area contributed by atoms with Gasteiger partial charge in [0.2, 0.25) is 0 Å². The molecule has 0 aliphatic heterocycles. The minimum atomic E-state index is -0.689. The van der Waals surface area contributed by atoms with Gasteiger partial charge in [0, 0.05) is 25.7 Å². The number of nitrogens with zero attached hydrogens (tertiary/aromatic N) is 3. The predicted molar refractivity (Wildman–Crippen MR) is 90.0 cm³/mol. The molecule has 0 amide bonds. The van der Waals surface area contributed by atoms with E-state index in [9.17, 15) is 18.8 Å². The third-order valence-electron chi connectivity index (χ3n) is 3.97. The minimum Gasteiger partial charge on any atom is -0.456 e. The van der Waals surface area contributed by atoms with Gasteiger partial charge in [0.15, 0.2) is 0 Å². The van der Waals surface area contributed by atoms with Crippen LogP contribution in [0.4, 0.5) is 4.39 Å². The molecular weight excluding hydrogens is 343 g/mol. The molecule has 3 aromatic rings. The fourth-order valence-electron chi connectivity index (χ4n) is 2.41. The smallest absolute Gasteiger partial charge is 0.342 e. The second-order valence-corrected chi connectivity index (χ2v) is 5.62. The highest BCUT2D eigenvalue weighted by Gasteiger charge is 2.18. The second-order valence-electron chi connectivity index (χ2n) is 5.62. The van der Waals surface area contributed by atoms with Crippen molar-refractivity contribution in [2.24, 2.45) is 14.1 Å². The Hall–Kier alpha value is -3.49. The van der Waals surface area contributed by atoms with Crippen molar-refractivity contribution in [1.29, 1.82) is 0 Å². The van der Waals surface area contributed by atoms with Gasteiger partial charge in [-0.25, -0.2) is 14.0 Å². The summed E-state index contributed by atoms with van der Waals surface area (Å²) in [4.78, 5) is 36.0. The number of hydrogen-bond donors (Lipinski definition) is 1. The molecule has 26 heavy (non-hydrogen) atoms. The van der Waals surface area contributed by atoms with Crippen LogP contribution in [0.3, 0.4) is 0 Å². The van der Waals surface area contributed by atoms with Gasteiger partial charge in [0.1, 0.15) is 18.0 Å². The highest BCUT2D eigenvalue weighted by atomic mass is 19.1. The third-order valence-corrected chi connectivity index (χ3v) is 3.97. The normalized spacial score (nSPS) is 10.7. The molecule has 1 aromatic carbocycles. The molecule has 8 nitrogen and oxygen atoms in total. The van der Waals surface area contributed by atoms with E-state index in [0.717, 1.165) is 4.57 Å². The van der Waals surface area contributed by atoms with E-state index in [1.54, 1.807) is 0 Å². The van der Waals surface area contributed by atoms with Crippen molar-refractivity contribution in [3.05, 3.63) is 74.4 Å². The first-order chi connectivity index (χ1) is 12.4. The topological polar surface area (TPSA) is 99.0 Å². The largest absolute Gasteiger partial charge is 0.456 e. The number of halogens is 1. The van der Waals surface area contributed by atoms with Crippen LogP contribution in [0.2, 0.25) is 0 Å². The monoisotopic (exact) mass is 358 g/mol. The van der Waals surface area contributed by atoms with E-state index in [1.807, 2.05) is 0 Å². The van der Waals surface area contributed by atoms with Gasteiger partial charge in [-0.1, -0.05) is 0 Å². The Kier molecular flexibility index (Phi) is 4.53. The van der Waals surface area contributed by atoms with Crippen LogP contribution in [-0.2, 0) is 25.4 Å². The lowest BCUT2D eigenvalue weighted by molar-refractivity contribution is 0.0463. The van der Waals surface area contributed by atoms with Gasteiger partial charge < -0.3 is 4.74 Å². The fraction of sp³-hybridized carbons (Fsp3) is 0.176. The predicted octanol–water partition coefficient (Wildman–Crippen LogP) is 0.970. The summed E-state index contributed by atoms with van der Waals surface area (Å²) in [6, 6.07) is 6.76. The summed E-state index contributed by atoms with van der Waals surface area (Å²) < 4.78 is 20.4. The number of hydrogen-bond acceptors (Lipinski definition) is 5. The number of H-pyrrole nitrogens is 1. The lowest BCUT2D eigenvalue weighted by atomic mass is 10.1. The van der Waals surface area contributed by atoms with E-state index < -0.39 is 23.0 Å². The maximum Gasteiger partial charge on any atom is 0.342 e. The first-order valence-corrected chi connectivity index (χ1v) is 7.61. The molecule has 134 valence electrons. The van der Waals surface area contributed by atoms with Crippen molar-refractivity contribution >= 4 is 5.97 Å². The number of aromatic amines is 1. The molecule has 0 unspecified atom stereocenters. The zero-order valence-corrected chi connectivity index (χ0v) is 14.0. The Morgan fingerprint density at radius 1 is 1.19 bits per heavy atom. The standard InChI is InChI=1S/C17H15FN4O4/c1-21-12(7-14(23)22(2)17(21)25)9-26-16(24)13-8-19-20-15(13)10-3-5-11(18)6-4-10/h3-8H,9H2,1-2H3,(H,19,20). The van der Waals surface area contributed by atoms with Crippen LogP contribution >= 0.6 is 0 Å². The molecular formula is C17H15FN4O4. The summed E-state index contributed by atoms with van der Waals surface area (Å²) in [5, 5.41) is 6.50. The van der Waals surface area contributed by atoms with Crippen molar-refractivity contribution in [2.75, 3.05) is 0 Å². The lowest BCUT2D eigenvalue weighted by Gasteiger charge is -2.10. The summed E-state index contributed by atoms with van der Waals surface area (Å²) >= 11 is 0. The third kappa shape index (κ3) is 3.18. The highest BCUT2D eigenvalue weighted by molar-refractivity contribution is 5.95. The van der Waals surface area contributed by atoms with Gasteiger partial charge in [-0.05, 0) is 24.3 Å². The molecule has 2 aromatic heterocycles. The summed E-state index contributed by atoms with van der Waals surface area (Å²) in [5.74, 6) is -1.09. The Morgan fingerprint density at radius 2 is 1.88 bits per heavy atom. The molecule has 2 heterocycles. The molecule has 0 fully saturated rings. The molecule has 3 rings (SSSR count). The number of carbonyl (C=O) groups is 1. The number of aromatic nitrogens is 4. The molecule has 1 N–H and O–H groups in total. The van der Waals surface area contributed by atoms with Crippen LogP contribution in [0, 0.1) is 5.82 Å². The summed E-state index contributed by atoms with van der Waals surface area (Å²) in [6.45, 7) is -0.255. The number of esters is 1. The Morgan fingerprint density at radius 3 is 2.58 bits per heavy atom. The maximum atomic E-state index is 13.1. The van der Waals surface area contributed by atoms with E-state index in [2.05, 4.69) is 10.2 Å². The Bertz CT molecular complexity index is 1080. The Labute approximate surface area is 146 Å². The van der Waals surface area contributed by atoms with Gasteiger partial charge in [-0.15, -0.1) is 0 Å². The van der Waals surface area contributed by atoms with Crippen molar-refractivity contribution < 1.29 is 13.9 Å². The maximum absolute atomic E-state index is 13.1. The SMILES string of the molecule is Cn1c(COC(=O)c2cn[nH]c2-c2ccc(F)cc2)cc(=O)n(C)c1=O. The van der Waals surface area contributed by atoms with E-state index >= 15 is 0 Å². The van der Waals surface area contributed by atoms with Crippen molar-refractivity contribution in [3.63, 3.8) is 0 Å². The van der Waals surface area contributed by atoms with Crippen molar-refractivity contribution in [2.45, 2.75) is 6.61 Å². The summed E-state index contributed by atoms with van der Waals surface area (Å²) in [7, 11) is 2.84. The number of benzene rings is 1. The zero-order chi connectivity index (χ0) is 18.8. The van der Waals surface area contributed by atoms with E-state index in [1.165, 1.54) is 55.2 Å². The van der Waals surface area contributed by atoms with Gasteiger partial charge in [-0.2, -0.15) is 5.10 Å². The number of nitrogens with one attached hydrogen (secondary N) is 1. The summed E-state index contributed by atoms with van der Waals surface area (Å²) in [6.07, 6.45) is 1.30. The molecule has 0 radical (unpaired) electrons. The van der Waals surface area contributed by atoms with E-state index in [4.69, 9.17) is 4.74 Å². The highest BCUT2D eigenvalue weighted by Crippen LogP contribution is 2.22. The quantitative estimate of drug-likeness (QED) is 0.701. The molecule has 0 bridgehead atoms. The first-order valence-electron chi connectivity index (χ1n) is 7.61. The lowest BCUT2D eigenvalue weighted by Crippen LogP contribution is -2.38. The molecule has 0 saturated carbocycles. The number of rotatable bonds is 4. The van der Waals surface area contributed by atoms with Crippen LogP contribution in [0.1, 0.15) is 16.1 Å². The van der Waals surface area contributed by atoms with Crippen molar-refractivity contribution in [1.82, 2.24) is 19.3 Å². The van der Waals surface area contributed by atoms with Gasteiger partial charge >= 0.3 is 11.7 Å². The van der Waals surface area contributed by atoms with Gasteiger partial charge in [-0.3, -0.25) is 19.0 Å².